The molecule has 0 saturated carbocycles. The van der Waals surface area contributed by atoms with Crippen molar-refractivity contribution in [1.29, 1.82) is 0 Å². The first-order valence-corrected chi connectivity index (χ1v) is 21.2. The van der Waals surface area contributed by atoms with Crippen LogP contribution in [0.15, 0.2) is 192 Å². The Hall–Kier alpha value is -8.13. The molecule has 3 heterocycles. The molecule has 62 heavy (non-hydrogen) atoms. The molecule has 1 aliphatic rings. The molecule has 1 unspecified atom stereocenters. The Balaban J connectivity index is 0.988. The molecule has 3 aromatic heterocycles. The van der Waals surface area contributed by atoms with E-state index in [1.807, 2.05) is 12.1 Å². The lowest BCUT2D eigenvalue weighted by atomic mass is 9.75. The van der Waals surface area contributed by atoms with Gasteiger partial charge in [0, 0.05) is 45.1 Å². The Morgan fingerprint density at radius 3 is 2.19 bits per heavy atom. The minimum absolute atomic E-state index is 0.257. The third-order valence-corrected chi connectivity index (χ3v) is 12.9. The van der Waals surface area contributed by atoms with E-state index in [1.165, 1.54) is 38.8 Å². The highest BCUT2D eigenvalue weighted by atomic mass is 16.3. The van der Waals surface area contributed by atoms with Crippen molar-refractivity contribution in [3.63, 3.8) is 0 Å². The summed E-state index contributed by atoms with van der Waals surface area (Å²) in [5.41, 5.74) is 19.1. The highest BCUT2D eigenvalue weighted by Crippen LogP contribution is 2.47. The van der Waals surface area contributed by atoms with Gasteiger partial charge in [0.25, 0.3) is 0 Å². The van der Waals surface area contributed by atoms with Crippen molar-refractivity contribution in [3.8, 4) is 57.4 Å². The molecule has 0 fully saturated rings. The van der Waals surface area contributed by atoms with E-state index >= 15 is 0 Å². The number of rotatable bonds is 6. The first kappa shape index (κ1) is 35.8. The smallest absolute Gasteiger partial charge is 0.145 e. The summed E-state index contributed by atoms with van der Waals surface area (Å²) < 4.78 is 11.3. The van der Waals surface area contributed by atoms with Crippen LogP contribution in [0, 0.1) is 19.3 Å². The highest BCUT2D eigenvalue weighted by Gasteiger charge is 2.28. The number of furan rings is 1. The van der Waals surface area contributed by atoms with E-state index in [0.29, 0.717) is 0 Å². The molecule has 1 atom stereocenters. The topological polar surface area (TPSA) is 35.9 Å². The maximum absolute atomic E-state index is 6.73. The van der Waals surface area contributed by atoms with Crippen LogP contribution in [0.4, 0.5) is 0 Å². The van der Waals surface area contributed by atoms with Crippen molar-refractivity contribution >= 4 is 50.0 Å². The van der Waals surface area contributed by atoms with Gasteiger partial charge in [0.2, 0.25) is 0 Å². The van der Waals surface area contributed by atoms with Crippen LogP contribution in [0.25, 0.3) is 95.0 Å². The molecule has 4 nitrogen and oxygen atoms in total. The lowest BCUT2D eigenvalue weighted by Gasteiger charge is -2.29. The molecule has 4 heteroatoms. The van der Waals surface area contributed by atoms with Crippen LogP contribution in [0.5, 0.6) is 0 Å². The fraction of sp³-hybridized carbons (Fsp3) is 0.0517. The van der Waals surface area contributed by atoms with E-state index in [9.17, 15) is 0 Å². The average Bonchev–Trinajstić information content (AvgIpc) is 3.99. The van der Waals surface area contributed by atoms with Gasteiger partial charge < -0.3 is 8.98 Å². The number of para-hydroxylation sites is 3. The van der Waals surface area contributed by atoms with Crippen molar-refractivity contribution in [2.75, 3.05) is 0 Å². The minimum atomic E-state index is 0.257. The summed E-state index contributed by atoms with van der Waals surface area (Å²) in [4.78, 5) is 5.10. The minimum Gasteiger partial charge on any atom is -0.456 e. The molecule has 12 rings (SSSR count). The van der Waals surface area contributed by atoms with Crippen molar-refractivity contribution in [2.24, 2.45) is 0 Å². The predicted molar refractivity (Wildman–Crippen MR) is 256 cm³/mol. The normalized spacial score (nSPS) is 13.6. The summed E-state index contributed by atoms with van der Waals surface area (Å²) in [5.74, 6) is 3.91. The van der Waals surface area contributed by atoms with Crippen LogP contribution in [0.1, 0.15) is 33.9 Å². The molecule has 0 radical (unpaired) electrons. The largest absolute Gasteiger partial charge is 0.456 e. The molecule has 0 N–H and O–H groups in total. The van der Waals surface area contributed by atoms with Crippen molar-refractivity contribution < 1.29 is 4.42 Å². The maximum Gasteiger partial charge on any atom is 0.145 e. The molecule has 0 bridgehead atoms. The first-order chi connectivity index (χ1) is 30.6. The molecular formula is C58H39N3O. The Bertz CT molecular complexity index is 3610. The molecule has 8 aromatic carbocycles. The van der Waals surface area contributed by atoms with Crippen LogP contribution in [0.2, 0.25) is 0 Å². The second kappa shape index (κ2) is 14.3. The van der Waals surface area contributed by atoms with Gasteiger partial charge in [0.1, 0.15) is 17.0 Å². The zero-order valence-electron chi connectivity index (χ0n) is 34.1. The van der Waals surface area contributed by atoms with Crippen LogP contribution < -0.4 is 0 Å². The number of benzene rings is 8. The van der Waals surface area contributed by atoms with Crippen LogP contribution >= 0.6 is 0 Å². The second-order valence-electron chi connectivity index (χ2n) is 16.3. The maximum atomic E-state index is 6.73. The van der Waals surface area contributed by atoms with Gasteiger partial charge in [-0.2, -0.15) is 0 Å². The highest BCUT2D eigenvalue weighted by molar-refractivity contribution is 6.13. The fourth-order valence-electron chi connectivity index (χ4n) is 9.98. The van der Waals surface area contributed by atoms with Crippen LogP contribution in [-0.2, 0) is 6.42 Å². The van der Waals surface area contributed by atoms with Gasteiger partial charge >= 0.3 is 0 Å². The summed E-state index contributed by atoms with van der Waals surface area (Å²) in [6, 6.07) is 65.1. The Morgan fingerprint density at radius 2 is 1.35 bits per heavy atom. The number of terminal acetylenes is 1. The van der Waals surface area contributed by atoms with Gasteiger partial charge in [0.15, 0.2) is 0 Å². The Morgan fingerprint density at radius 1 is 0.613 bits per heavy atom. The summed E-state index contributed by atoms with van der Waals surface area (Å²) in [5, 5.41) is 3.38. The van der Waals surface area contributed by atoms with E-state index in [-0.39, 0.29) is 5.92 Å². The molecular weight excluding hydrogens is 755 g/mol. The number of hydrogen-bond donors (Lipinski definition) is 0. The lowest BCUT2D eigenvalue weighted by molar-refractivity contribution is 0.668. The van der Waals surface area contributed by atoms with E-state index in [4.69, 9.17) is 15.8 Å². The van der Waals surface area contributed by atoms with Crippen LogP contribution in [0.3, 0.4) is 0 Å². The van der Waals surface area contributed by atoms with Gasteiger partial charge in [-0.25, -0.2) is 4.98 Å². The second-order valence-corrected chi connectivity index (χ2v) is 16.3. The van der Waals surface area contributed by atoms with Gasteiger partial charge in [-0.1, -0.05) is 127 Å². The monoisotopic (exact) mass is 793 g/mol. The number of imidazole rings is 1. The molecule has 11 aromatic rings. The molecule has 0 spiro atoms. The summed E-state index contributed by atoms with van der Waals surface area (Å²) >= 11 is 0. The summed E-state index contributed by atoms with van der Waals surface area (Å²) in [6.07, 6.45) is 10.7. The molecule has 292 valence electrons. The Kier molecular flexibility index (Phi) is 8.23. The van der Waals surface area contributed by atoms with Gasteiger partial charge in [0.05, 0.1) is 22.2 Å². The number of hydrogen-bond acceptors (Lipinski definition) is 2. The van der Waals surface area contributed by atoms with Crippen molar-refractivity contribution in [1.82, 2.24) is 14.1 Å². The zero-order valence-corrected chi connectivity index (χ0v) is 34.1. The number of nitrogens with zero attached hydrogens (tertiary/aromatic N) is 3. The lowest BCUT2D eigenvalue weighted by Crippen LogP contribution is -2.13. The van der Waals surface area contributed by atoms with Gasteiger partial charge in [-0.05, 0) is 125 Å². The van der Waals surface area contributed by atoms with Crippen LogP contribution in [-0.4, -0.2) is 14.1 Å². The van der Waals surface area contributed by atoms with Crippen molar-refractivity contribution in [3.05, 3.63) is 216 Å². The Labute approximate surface area is 359 Å². The number of fused-ring (bicyclic) bond motifs is 8. The fourth-order valence-corrected chi connectivity index (χ4v) is 9.98. The van der Waals surface area contributed by atoms with Gasteiger partial charge in [-0.15, -0.1) is 6.42 Å². The molecule has 0 aliphatic heterocycles. The van der Waals surface area contributed by atoms with E-state index in [0.717, 1.165) is 84.5 Å². The summed E-state index contributed by atoms with van der Waals surface area (Å²) in [6.45, 7) is 2.21. The van der Waals surface area contributed by atoms with E-state index in [1.54, 1.807) is 6.08 Å². The number of allylic oxidation sites excluding steroid dienone is 1. The molecule has 1 aliphatic carbocycles. The summed E-state index contributed by atoms with van der Waals surface area (Å²) in [7, 11) is 0. The number of aromatic nitrogens is 3. The molecule has 0 saturated heterocycles. The predicted octanol–water partition coefficient (Wildman–Crippen LogP) is 14.5. The zero-order chi connectivity index (χ0) is 41.3. The van der Waals surface area contributed by atoms with Crippen molar-refractivity contribution in [2.45, 2.75) is 19.3 Å². The van der Waals surface area contributed by atoms with E-state index < -0.39 is 0 Å². The van der Waals surface area contributed by atoms with Gasteiger partial charge in [-0.3, -0.25) is 4.57 Å². The third-order valence-electron chi connectivity index (χ3n) is 12.9. The quantitative estimate of drug-likeness (QED) is 0.157. The average molecular weight is 794 g/mol. The third kappa shape index (κ3) is 5.60. The number of aryl methyl sites for hydroxylation is 1. The molecule has 0 amide bonds. The standard InChI is InChI=1S/C58H39N3O/c1-3-4-24-52-37(2)47-35-49-48(38-16-7-5-8-17-38)33-41-18-11-12-21-44(41)50(49)36-54(47)60(52)43-31-32-46-56(34-43)62-55-26-15-22-45(57(46)55)39-27-29-40(30-28-39)58-59-51-23-13-14-25-53(51)61(58)42-19-9-6-10-20-42/h1,4-32,34-36,48H,33H2,2H3/b24-4-. The first-order valence-electron chi connectivity index (χ1n) is 21.2. The SMILES string of the molecule is C#C/C=C\c1c(C)c2cc3c(cc2n1-c1ccc2c(c1)oc1cccc(-c4ccc(-c5nc6ccccc6n5-c5ccccc5)cc4)c12)-c1ccccc1CC3c1ccccc1. The van der Waals surface area contributed by atoms with E-state index in [2.05, 4.69) is 198 Å².